The summed E-state index contributed by atoms with van der Waals surface area (Å²) in [6, 6.07) is 24.2. The van der Waals surface area contributed by atoms with Gasteiger partial charge in [-0.25, -0.2) is 4.79 Å². The van der Waals surface area contributed by atoms with Crippen LogP contribution < -0.4 is 20.9 Å². The molecule has 5 heterocycles. The smallest absolute Gasteiger partial charge is 0.412 e. The van der Waals surface area contributed by atoms with Gasteiger partial charge in [-0.3, -0.25) is 24.5 Å². The van der Waals surface area contributed by atoms with Crippen molar-refractivity contribution in [2.75, 3.05) is 76.5 Å². The minimum absolute atomic E-state index is 0.0351. The molecule has 8 rings (SSSR count). The van der Waals surface area contributed by atoms with Gasteiger partial charge in [0.05, 0.1) is 56.7 Å². The van der Waals surface area contributed by atoms with E-state index in [0.29, 0.717) is 82.9 Å². The monoisotopic (exact) mass is 1150 g/mol. The summed E-state index contributed by atoms with van der Waals surface area (Å²) in [4.78, 5) is 48.2. The highest BCUT2D eigenvalue weighted by atomic mass is 32.1. The summed E-state index contributed by atoms with van der Waals surface area (Å²) in [6.07, 6.45) is 14.1. The number of aromatic nitrogens is 3. The number of fused-ring (bicyclic) bond motifs is 5. The van der Waals surface area contributed by atoms with Gasteiger partial charge in [0, 0.05) is 82.3 Å². The number of thiophene rings is 1. The molecule has 0 bridgehead atoms. The molecule has 0 unspecified atom stereocenters. The Balaban J connectivity index is 0.707. The zero-order valence-electron chi connectivity index (χ0n) is 50.8. The predicted molar refractivity (Wildman–Crippen MR) is 332 cm³/mol. The summed E-state index contributed by atoms with van der Waals surface area (Å²) in [7, 11) is 2.15. The Morgan fingerprint density at radius 3 is 2.13 bits per heavy atom. The van der Waals surface area contributed by atoms with Gasteiger partial charge in [0.2, 0.25) is 17.5 Å². The standard InChI is InChI=1S/C66H85N9O7S/c1-13-49(59-60-72-71-46(4)75(60)62-57(44(2)45(3)83-62)58(70-59)47-31-33-48(34-32-47)69-63(78)82-64(5,6)7)61(77)68-36-39-80-41-43-81-42-40-79-38-35-67-56(76)30-18-15-23-37-74-53-27-22-20-25-51(53)66(10,11)55(74)29-17-14-16-28-54-65(8,9)50-24-19-21-26-52(50)73(54)12/h14,16-17,19-22,24-29,31-34,49,59H,13,15,18,23,30,35-43H2,1-12H3,(H2-,67,68,69,70,76,77,78)/p+1/t49-,59+/m1/s1. The van der Waals surface area contributed by atoms with E-state index in [9.17, 15) is 14.4 Å². The molecule has 2 atom stereocenters. The van der Waals surface area contributed by atoms with Gasteiger partial charge in [0.15, 0.2) is 11.5 Å². The average Bonchev–Trinajstić information content (AvgIpc) is 2.14. The molecule has 3 amide bonds. The van der Waals surface area contributed by atoms with E-state index in [2.05, 4.69) is 163 Å². The third kappa shape index (κ3) is 14.7. The van der Waals surface area contributed by atoms with Gasteiger partial charge >= 0.3 is 6.09 Å². The second kappa shape index (κ2) is 27.6. The Labute approximate surface area is 495 Å². The van der Waals surface area contributed by atoms with Crippen molar-refractivity contribution in [2.24, 2.45) is 10.9 Å². The van der Waals surface area contributed by atoms with E-state index in [0.717, 1.165) is 58.1 Å². The van der Waals surface area contributed by atoms with Crippen LogP contribution in [0.15, 0.2) is 114 Å². The van der Waals surface area contributed by atoms with Crippen LogP contribution in [0.1, 0.15) is 138 Å². The second-order valence-electron chi connectivity index (χ2n) is 23.5. The largest absolute Gasteiger partial charge is 0.444 e. The fraction of sp³-hybridized carbons (Fsp3) is 0.470. The Morgan fingerprint density at radius 1 is 0.783 bits per heavy atom. The summed E-state index contributed by atoms with van der Waals surface area (Å²) < 4.78 is 27.0. The molecule has 3 aliphatic rings. The number of carbonyl (C=O) groups excluding carboxylic acids is 3. The fourth-order valence-corrected chi connectivity index (χ4v) is 12.6. The molecule has 0 saturated heterocycles. The molecule has 0 saturated carbocycles. The lowest BCUT2D eigenvalue weighted by Gasteiger charge is -2.27. The third-order valence-electron chi connectivity index (χ3n) is 15.8. The van der Waals surface area contributed by atoms with Crippen molar-refractivity contribution in [1.82, 2.24) is 25.4 Å². The molecule has 442 valence electrons. The lowest BCUT2D eigenvalue weighted by Crippen LogP contribution is -2.36. The van der Waals surface area contributed by atoms with E-state index in [4.69, 9.17) is 23.9 Å². The summed E-state index contributed by atoms with van der Waals surface area (Å²) >= 11 is 1.65. The molecule has 3 N–H and O–H groups in total. The number of hydrogen-bond donors (Lipinski definition) is 3. The maximum absolute atomic E-state index is 14.0. The second-order valence-corrected chi connectivity index (χ2v) is 24.7. The normalized spacial score (nSPS) is 16.9. The predicted octanol–water partition coefficient (Wildman–Crippen LogP) is 11.9. The topological polar surface area (TPSA) is 174 Å². The molecule has 17 heteroatoms. The van der Waals surface area contributed by atoms with Crippen LogP contribution in [0.25, 0.3) is 5.00 Å². The van der Waals surface area contributed by atoms with Crippen LogP contribution in [-0.2, 0) is 39.4 Å². The molecular weight excluding hydrogens is 1060 g/mol. The van der Waals surface area contributed by atoms with Gasteiger partial charge in [-0.2, -0.15) is 4.58 Å². The van der Waals surface area contributed by atoms with Crippen molar-refractivity contribution >= 4 is 57.7 Å². The number of aryl methyl sites for hydroxylation is 2. The first kappa shape index (κ1) is 62.0. The van der Waals surface area contributed by atoms with Gasteiger partial charge in [0.25, 0.3) is 0 Å². The van der Waals surface area contributed by atoms with E-state index in [1.807, 2.05) is 63.5 Å². The molecule has 0 radical (unpaired) electrons. The highest BCUT2D eigenvalue weighted by Crippen LogP contribution is 2.48. The minimum Gasteiger partial charge on any atom is -0.444 e. The van der Waals surface area contributed by atoms with E-state index >= 15 is 0 Å². The van der Waals surface area contributed by atoms with Crippen LogP contribution in [-0.4, -0.2) is 121 Å². The maximum atomic E-state index is 14.0. The van der Waals surface area contributed by atoms with Crippen LogP contribution in [0, 0.1) is 26.7 Å². The molecule has 5 aromatic rings. The molecule has 83 heavy (non-hydrogen) atoms. The van der Waals surface area contributed by atoms with Crippen molar-refractivity contribution < 1.29 is 37.9 Å². The van der Waals surface area contributed by atoms with Crippen LogP contribution in [0.3, 0.4) is 0 Å². The van der Waals surface area contributed by atoms with E-state index in [-0.39, 0.29) is 22.6 Å². The number of rotatable bonds is 26. The molecule has 0 fully saturated rings. The number of ether oxygens (including phenoxy) is 4. The Bertz CT molecular complexity index is 3270. The van der Waals surface area contributed by atoms with Crippen LogP contribution in [0.2, 0.25) is 0 Å². The first-order chi connectivity index (χ1) is 39.7. The lowest BCUT2D eigenvalue weighted by atomic mass is 9.81. The lowest BCUT2D eigenvalue weighted by molar-refractivity contribution is -0.401. The number of allylic oxidation sites excluding steroid dienone is 6. The van der Waals surface area contributed by atoms with Crippen molar-refractivity contribution in [2.45, 2.75) is 131 Å². The molecular formula is C66H86N9O7S+. The van der Waals surface area contributed by atoms with Gasteiger partial charge in [-0.1, -0.05) is 94.0 Å². The molecule has 3 aromatic carbocycles. The van der Waals surface area contributed by atoms with Crippen LogP contribution in [0.5, 0.6) is 0 Å². The zero-order valence-corrected chi connectivity index (χ0v) is 51.6. The Kier molecular flexibility index (Phi) is 20.6. The summed E-state index contributed by atoms with van der Waals surface area (Å²) in [6.45, 7) is 26.6. The molecule has 16 nitrogen and oxygen atoms in total. The minimum atomic E-state index is -0.631. The van der Waals surface area contributed by atoms with Gasteiger partial charge in [-0.15, -0.1) is 21.5 Å². The highest BCUT2D eigenvalue weighted by molar-refractivity contribution is 7.15. The Morgan fingerprint density at radius 2 is 1.45 bits per heavy atom. The number of hydrogen-bond acceptors (Lipinski definition) is 12. The van der Waals surface area contributed by atoms with Gasteiger partial charge in [-0.05, 0) is 110 Å². The van der Waals surface area contributed by atoms with Crippen molar-refractivity contribution in [1.29, 1.82) is 0 Å². The first-order valence-electron chi connectivity index (χ1n) is 29.3. The number of carbonyl (C=O) groups is 3. The number of unbranched alkanes of at least 4 members (excludes halogenated alkanes) is 2. The molecule has 3 aliphatic heterocycles. The molecule has 2 aromatic heterocycles. The number of benzene rings is 3. The van der Waals surface area contributed by atoms with E-state index in [1.165, 1.54) is 33.9 Å². The summed E-state index contributed by atoms with van der Waals surface area (Å²) in [5.41, 5.74) is 11.2. The van der Waals surface area contributed by atoms with E-state index < -0.39 is 23.7 Å². The Hall–Kier alpha value is -7.05. The van der Waals surface area contributed by atoms with Crippen molar-refractivity contribution in [3.63, 3.8) is 0 Å². The fourth-order valence-electron chi connectivity index (χ4n) is 11.3. The summed E-state index contributed by atoms with van der Waals surface area (Å²) in [5, 5.41) is 18.9. The quantitative estimate of drug-likeness (QED) is 0.0275. The van der Waals surface area contributed by atoms with Crippen LogP contribution in [0.4, 0.5) is 21.9 Å². The van der Waals surface area contributed by atoms with Gasteiger partial charge in [0.1, 0.15) is 29.5 Å². The molecule has 0 aliphatic carbocycles. The van der Waals surface area contributed by atoms with Crippen molar-refractivity contribution in [3.05, 3.63) is 153 Å². The van der Waals surface area contributed by atoms with Crippen molar-refractivity contribution in [3.8, 4) is 5.00 Å². The van der Waals surface area contributed by atoms with Crippen LogP contribution >= 0.6 is 11.3 Å². The summed E-state index contributed by atoms with van der Waals surface area (Å²) in [5.74, 6) is 0.655. The SMILES string of the molecule is CC[C@@H](C(=O)NCCOCCOCCOCCNC(=O)CCCCCN1/C(=C/C=C/C=C/C2=[N+](C)c3ccccc3C2(C)C)C(C)(C)c2ccccc21)[C@@H]1N=C(c2ccc(NC(=O)OC(C)(C)C)cc2)c2c(sc(C)c2C)-n2c(C)nnc21. The number of nitrogens with zero attached hydrogens (tertiary/aromatic N) is 6. The third-order valence-corrected chi connectivity index (χ3v) is 17.0. The zero-order chi connectivity index (χ0) is 59.5. The average molecular weight is 1150 g/mol. The number of para-hydroxylation sites is 2. The maximum Gasteiger partial charge on any atom is 0.412 e. The number of aliphatic imine (C=N–C) groups is 1. The molecule has 0 spiro atoms. The first-order valence-corrected chi connectivity index (χ1v) is 30.2. The van der Waals surface area contributed by atoms with Gasteiger partial charge < -0.3 is 34.5 Å². The number of nitrogens with one attached hydrogen (secondary N) is 3. The highest BCUT2D eigenvalue weighted by Gasteiger charge is 2.43. The number of anilines is 2. The number of amides is 3. The van der Waals surface area contributed by atoms with E-state index in [1.54, 1.807) is 11.3 Å².